The summed E-state index contributed by atoms with van der Waals surface area (Å²) in [6.07, 6.45) is 1.01. The second-order valence-corrected chi connectivity index (χ2v) is 7.71. The molecule has 7 heteroatoms. The molecule has 0 aliphatic carbocycles. The average Bonchev–Trinajstić information content (AvgIpc) is 1.79. The SMILES string of the molecule is CC(N)CS(=O)(=O)CCS(C)(=O)=O. The third-order valence-corrected chi connectivity index (χ3v) is 4.35. The van der Waals surface area contributed by atoms with E-state index in [9.17, 15) is 16.8 Å². The fourth-order valence-electron chi connectivity index (χ4n) is 0.762. The highest BCUT2D eigenvalue weighted by atomic mass is 32.2. The van der Waals surface area contributed by atoms with Crippen LogP contribution in [0.1, 0.15) is 6.92 Å². The van der Waals surface area contributed by atoms with Crippen molar-refractivity contribution in [2.75, 3.05) is 23.5 Å². The van der Waals surface area contributed by atoms with E-state index in [0.29, 0.717) is 0 Å². The van der Waals surface area contributed by atoms with Crippen LogP contribution < -0.4 is 5.73 Å². The Balaban J connectivity index is 4.22. The summed E-state index contributed by atoms with van der Waals surface area (Å²) in [6.45, 7) is 1.57. The summed E-state index contributed by atoms with van der Waals surface area (Å²) in [4.78, 5) is 0. The molecule has 0 heterocycles. The molecule has 0 saturated heterocycles. The van der Waals surface area contributed by atoms with Gasteiger partial charge in [0.15, 0.2) is 9.84 Å². The van der Waals surface area contributed by atoms with Crippen LogP contribution in [0.2, 0.25) is 0 Å². The summed E-state index contributed by atoms with van der Waals surface area (Å²) in [5.41, 5.74) is 5.29. The topological polar surface area (TPSA) is 94.3 Å². The molecule has 0 saturated carbocycles. The summed E-state index contributed by atoms with van der Waals surface area (Å²) < 4.78 is 43.6. The zero-order chi connectivity index (χ0) is 10.7. The number of hydrogen-bond donors (Lipinski definition) is 1. The van der Waals surface area contributed by atoms with Gasteiger partial charge in [0, 0.05) is 12.3 Å². The molecule has 13 heavy (non-hydrogen) atoms. The maximum atomic E-state index is 11.1. The number of rotatable bonds is 5. The Labute approximate surface area is 79.2 Å². The molecule has 0 aromatic carbocycles. The van der Waals surface area contributed by atoms with Gasteiger partial charge in [-0.1, -0.05) is 0 Å². The molecule has 2 N–H and O–H groups in total. The van der Waals surface area contributed by atoms with Crippen LogP contribution in [0.15, 0.2) is 0 Å². The van der Waals surface area contributed by atoms with E-state index in [-0.39, 0.29) is 17.3 Å². The van der Waals surface area contributed by atoms with E-state index >= 15 is 0 Å². The normalized spacial score (nSPS) is 15.6. The lowest BCUT2D eigenvalue weighted by Crippen LogP contribution is -2.29. The first-order valence-electron chi connectivity index (χ1n) is 3.76. The molecular weight excluding hydrogens is 214 g/mol. The van der Waals surface area contributed by atoms with Gasteiger partial charge in [-0.3, -0.25) is 0 Å². The Morgan fingerprint density at radius 1 is 1.15 bits per heavy atom. The molecule has 0 amide bonds. The number of sulfone groups is 2. The van der Waals surface area contributed by atoms with E-state index in [1.165, 1.54) is 0 Å². The summed E-state index contributed by atoms with van der Waals surface area (Å²) in [7, 11) is -6.53. The lowest BCUT2D eigenvalue weighted by atomic mass is 10.4. The number of hydrogen-bond acceptors (Lipinski definition) is 5. The zero-order valence-corrected chi connectivity index (χ0v) is 9.36. The standard InChI is InChI=1S/C6H15NO4S2/c1-6(7)5-13(10,11)4-3-12(2,8)9/h6H,3-5,7H2,1-2H3. The molecule has 5 nitrogen and oxygen atoms in total. The van der Waals surface area contributed by atoms with Gasteiger partial charge in [0.25, 0.3) is 0 Å². The van der Waals surface area contributed by atoms with Crippen LogP contribution in [0.3, 0.4) is 0 Å². The van der Waals surface area contributed by atoms with E-state index in [4.69, 9.17) is 5.73 Å². The minimum Gasteiger partial charge on any atom is -0.327 e. The molecule has 0 aromatic rings. The van der Waals surface area contributed by atoms with E-state index in [0.717, 1.165) is 6.26 Å². The van der Waals surface area contributed by atoms with Crippen LogP contribution in [0, 0.1) is 0 Å². The van der Waals surface area contributed by atoms with Crippen molar-refractivity contribution in [3.8, 4) is 0 Å². The monoisotopic (exact) mass is 229 g/mol. The molecule has 0 aliphatic heterocycles. The highest BCUT2D eigenvalue weighted by Crippen LogP contribution is 1.95. The van der Waals surface area contributed by atoms with Gasteiger partial charge in [-0.2, -0.15) is 0 Å². The van der Waals surface area contributed by atoms with E-state index in [1.54, 1.807) is 6.92 Å². The third kappa shape index (κ3) is 8.20. The molecular formula is C6H15NO4S2. The average molecular weight is 229 g/mol. The van der Waals surface area contributed by atoms with E-state index in [2.05, 4.69) is 0 Å². The lowest BCUT2D eigenvalue weighted by Gasteiger charge is -2.05. The van der Waals surface area contributed by atoms with Crippen molar-refractivity contribution >= 4 is 19.7 Å². The Morgan fingerprint density at radius 3 is 1.92 bits per heavy atom. The van der Waals surface area contributed by atoms with Gasteiger partial charge in [-0.25, -0.2) is 16.8 Å². The molecule has 0 aliphatic rings. The van der Waals surface area contributed by atoms with Crippen LogP contribution in [0.5, 0.6) is 0 Å². The van der Waals surface area contributed by atoms with Gasteiger partial charge >= 0.3 is 0 Å². The van der Waals surface area contributed by atoms with Gasteiger partial charge in [-0.15, -0.1) is 0 Å². The molecule has 0 radical (unpaired) electrons. The first kappa shape index (κ1) is 12.9. The molecule has 80 valence electrons. The van der Waals surface area contributed by atoms with Gasteiger partial charge in [0.05, 0.1) is 17.3 Å². The first-order valence-corrected chi connectivity index (χ1v) is 7.64. The van der Waals surface area contributed by atoms with E-state index < -0.39 is 25.7 Å². The van der Waals surface area contributed by atoms with Crippen LogP contribution >= 0.6 is 0 Å². The van der Waals surface area contributed by atoms with Crippen molar-refractivity contribution in [1.82, 2.24) is 0 Å². The third-order valence-electron chi connectivity index (χ3n) is 1.28. The van der Waals surface area contributed by atoms with E-state index in [1.807, 2.05) is 0 Å². The Kier molecular flexibility index (Phi) is 4.34. The van der Waals surface area contributed by atoms with Crippen molar-refractivity contribution in [2.24, 2.45) is 5.73 Å². The fraction of sp³-hybridized carbons (Fsp3) is 1.00. The molecule has 0 spiro atoms. The molecule has 1 unspecified atom stereocenters. The van der Waals surface area contributed by atoms with Crippen molar-refractivity contribution in [3.05, 3.63) is 0 Å². The van der Waals surface area contributed by atoms with Crippen molar-refractivity contribution in [3.63, 3.8) is 0 Å². The highest BCUT2D eigenvalue weighted by Gasteiger charge is 2.16. The smallest absolute Gasteiger partial charge is 0.152 e. The Bertz CT molecular complexity index is 341. The van der Waals surface area contributed by atoms with Crippen LogP contribution in [0.4, 0.5) is 0 Å². The largest absolute Gasteiger partial charge is 0.327 e. The highest BCUT2D eigenvalue weighted by molar-refractivity contribution is 7.94. The van der Waals surface area contributed by atoms with Gasteiger partial charge in [0.1, 0.15) is 9.84 Å². The quantitative estimate of drug-likeness (QED) is 0.638. The summed E-state index contributed by atoms with van der Waals surface area (Å²) in [6, 6.07) is -0.454. The second kappa shape index (κ2) is 4.39. The lowest BCUT2D eigenvalue weighted by molar-refractivity contribution is 0.586. The van der Waals surface area contributed by atoms with Crippen molar-refractivity contribution in [2.45, 2.75) is 13.0 Å². The zero-order valence-electron chi connectivity index (χ0n) is 7.73. The van der Waals surface area contributed by atoms with Gasteiger partial charge in [-0.05, 0) is 6.92 Å². The summed E-state index contributed by atoms with van der Waals surface area (Å²) >= 11 is 0. The van der Waals surface area contributed by atoms with Gasteiger partial charge < -0.3 is 5.73 Å². The molecule has 0 fully saturated rings. The first-order chi connectivity index (χ1) is 5.62. The molecule has 0 aromatic heterocycles. The minimum absolute atomic E-state index is 0.164. The van der Waals surface area contributed by atoms with Crippen molar-refractivity contribution < 1.29 is 16.8 Å². The van der Waals surface area contributed by atoms with Crippen molar-refractivity contribution in [1.29, 1.82) is 0 Å². The summed E-state index contributed by atoms with van der Waals surface area (Å²) in [5, 5.41) is 0. The fourth-order valence-corrected chi connectivity index (χ4v) is 3.96. The molecule has 1 atom stereocenters. The molecule has 0 bridgehead atoms. The number of nitrogens with two attached hydrogens (primary N) is 1. The Morgan fingerprint density at radius 2 is 1.62 bits per heavy atom. The predicted octanol–water partition coefficient (Wildman–Crippen LogP) is -1.21. The maximum Gasteiger partial charge on any atom is 0.152 e. The second-order valence-electron chi connectivity index (χ2n) is 3.22. The minimum atomic E-state index is -3.32. The molecule has 0 rings (SSSR count). The maximum absolute atomic E-state index is 11.1. The van der Waals surface area contributed by atoms with Gasteiger partial charge in [0.2, 0.25) is 0 Å². The summed E-state index contributed by atoms with van der Waals surface area (Å²) in [5.74, 6) is -0.835. The van der Waals surface area contributed by atoms with Crippen LogP contribution in [-0.2, 0) is 19.7 Å². The van der Waals surface area contributed by atoms with Crippen LogP contribution in [0.25, 0.3) is 0 Å². The Hall–Kier alpha value is -0.140. The predicted molar refractivity (Wildman–Crippen MR) is 52.0 cm³/mol. The van der Waals surface area contributed by atoms with Crippen LogP contribution in [-0.4, -0.2) is 46.4 Å².